The molecule has 0 fully saturated rings. The van der Waals surface area contributed by atoms with Crippen LogP contribution < -0.4 is 10.4 Å². The molecule has 1 aromatic carbocycles. The number of carbonyl (C=O) groups excluding carboxylic acids is 2. The highest BCUT2D eigenvalue weighted by Crippen LogP contribution is 2.09. The Kier molecular flexibility index (Phi) is 6.22. The van der Waals surface area contributed by atoms with E-state index in [0.717, 1.165) is 12.0 Å². The molecule has 0 heterocycles. The van der Waals surface area contributed by atoms with E-state index in [1.165, 1.54) is 0 Å². The lowest BCUT2D eigenvalue weighted by Gasteiger charge is -2.06. The second kappa shape index (κ2) is 7.71. The number of nitrogens with one attached hydrogen (secondary N) is 1. The van der Waals surface area contributed by atoms with Crippen molar-refractivity contribution in [2.45, 2.75) is 25.7 Å². The van der Waals surface area contributed by atoms with Crippen molar-refractivity contribution in [2.24, 2.45) is 0 Å². The van der Waals surface area contributed by atoms with Crippen LogP contribution in [-0.2, 0) is 16.0 Å². The molecule has 0 aliphatic carbocycles. The molecule has 98 valence electrons. The van der Waals surface area contributed by atoms with Gasteiger partial charge in [0.05, 0.1) is 0 Å². The molecule has 0 unspecified atom stereocenters. The van der Waals surface area contributed by atoms with Crippen molar-refractivity contribution >= 4 is 23.5 Å². The first-order valence-electron chi connectivity index (χ1n) is 5.79. The molecular formula is C13H15ClNO3-. The zero-order chi connectivity index (χ0) is 13.4. The van der Waals surface area contributed by atoms with Crippen LogP contribution in [0.5, 0.6) is 0 Å². The summed E-state index contributed by atoms with van der Waals surface area (Å²) in [6.45, 7) is 0.534. The Morgan fingerprint density at radius 1 is 1.17 bits per heavy atom. The predicted molar refractivity (Wildman–Crippen MR) is 67.0 cm³/mol. The summed E-state index contributed by atoms with van der Waals surface area (Å²) in [6.07, 6.45) is 1.18. The van der Waals surface area contributed by atoms with Crippen LogP contribution >= 0.6 is 11.6 Å². The largest absolute Gasteiger partial charge is 0.550 e. The molecule has 0 aliphatic rings. The van der Waals surface area contributed by atoms with Gasteiger partial charge in [0, 0.05) is 24.0 Å². The van der Waals surface area contributed by atoms with E-state index >= 15 is 0 Å². The number of hydrogen-bond donors (Lipinski definition) is 1. The van der Waals surface area contributed by atoms with Crippen LogP contribution in [0.1, 0.15) is 24.8 Å². The summed E-state index contributed by atoms with van der Waals surface area (Å²) >= 11 is 5.76. The zero-order valence-electron chi connectivity index (χ0n) is 9.95. The van der Waals surface area contributed by atoms with Gasteiger partial charge in [0.15, 0.2) is 0 Å². The SMILES string of the molecule is O=C([O-])CCCC(=O)NCCc1ccc(Cl)cc1. The number of carbonyl (C=O) groups is 2. The summed E-state index contributed by atoms with van der Waals surface area (Å²) in [7, 11) is 0. The molecule has 5 heteroatoms. The first-order chi connectivity index (χ1) is 8.58. The molecule has 1 amide bonds. The lowest BCUT2D eigenvalue weighted by Crippen LogP contribution is -2.26. The minimum atomic E-state index is -1.12. The van der Waals surface area contributed by atoms with Crippen molar-refractivity contribution < 1.29 is 14.7 Å². The molecule has 0 aromatic heterocycles. The summed E-state index contributed by atoms with van der Waals surface area (Å²) < 4.78 is 0. The van der Waals surface area contributed by atoms with Gasteiger partial charge in [0.1, 0.15) is 0 Å². The van der Waals surface area contributed by atoms with E-state index in [1.807, 2.05) is 12.1 Å². The minimum absolute atomic E-state index is 0.0788. The fourth-order valence-corrected chi connectivity index (χ4v) is 1.60. The van der Waals surface area contributed by atoms with E-state index < -0.39 is 5.97 Å². The second-order valence-electron chi connectivity index (χ2n) is 3.95. The Morgan fingerprint density at radius 3 is 2.44 bits per heavy atom. The van der Waals surface area contributed by atoms with Crippen molar-refractivity contribution in [3.8, 4) is 0 Å². The Balaban J connectivity index is 2.15. The van der Waals surface area contributed by atoms with Crippen LogP contribution in [0, 0.1) is 0 Å². The van der Waals surface area contributed by atoms with Crippen molar-refractivity contribution in [3.63, 3.8) is 0 Å². The average molecular weight is 269 g/mol. The number of carboxylic acid groups (broad SMARTS) is 1. The smallest absolute Gasteiger partial charge is 0.220 e. The maximum absolute atomic E-state index is 11.3. The number of hydrogen-bond acceptors (Lipinski definition) is 3. The Labute approximate surface area is 111 Å². The fourth-order valence-electron chi connectivity index (χ4n) is 1.48. The Bertz CT molecular complexity index is 403. The molecular weight excluding hydrogens is 254 g/mol. The number of rotatable bonds is 7. The van der Waals surface area contributed by atoms with Crippen LogP contribution in [0.4, 0.5) is 0 Å². The predicted octanol–water partition coefficient (Wildman–Crippen LogP) is 0.919. The van der Waals surface area contributed by atoms with Gasteiger partial charge in [-0.25, -0.2) is 0 Å². The lowest BCUT2D eigenvalue weighted by atomic mass is 10.1. The van der Waals surface area contributed by atoms with Gasteiger partial charge in [0.2, 0.25) is 5.91 Å². The maximum Gasteiger partial charge on any atom is 0.220 e. The molecule has 0 saturated heterocycles. The fraction of sp³-hybridized carbons (Fsp3) is 0.385. The molecule has 0 saturated carbocycles. The van der Waals surface area contributed by atoms with Gasteiger partial charge in [-0.05, 0) is 37.0 Å². The number of aliphatic carboxylic acids is 1. The highest BCUT2D eigenvalue weighted by molar-refractivity contribution is 6.30. The van der Waals surface area contributed by atoms with Gasteiger partial charge in [-0.3, -0.25) is 4.79 Å². The summed E-state index contributed by atoms with van der Waals surface area (Å²) in [5.41, 5.74) is 1.09. The summed E-state index contributed by atoms with van der Waals surface area (Å²) in [6, 6.07) is 7.42. The van der Waals surface area contributed by atoms with Gasteiger partial charge in [-0.15, -0.1) is 0 Å². The van der Waals surface area contributed by atoms with Gasteiger partial charge in [-0.1, -0.05) is 23.7 Å². The molecule has 0 atom stereocenters. The van der Waals surface area contributed by atoms with E-state index in [2.05, 4.69) is 5.32 Å². The van der Waals surface area contributed by atoms with Crippen LogP contribution in [0.2, 0.25) is 5.02 Å². The van der Waals surface area contributed by atoms with Crippen LogP contribution in [0.25, 0.3) is 0 Å². The molecule has 1 N–H and O–H groups in total. The van der Waals surface area contributed by atoms with Crippen molar-refractivity contribution in [1.29, 1.82) is 0 Å². The standard InChI is InChI=1S/C13H16ClNO3/c14-11-6-4-10(5-7-11)8-9-15-12(16)2-1-3-13(17)18/h4-7H,1-3,8-9H2,(H,15,16)(H,17,18)/p-1. The molecule has 18 heavy (non-hydrogen) atoms. The number of halogens is 1. The molecule has 1 aromatic rings. The summed E-state index contributed by atoms with van der Waals surface area (Å²) in [5, 5.41) is 13.6. The maximum atomic E-state index is 11.3. The van der Waals surface area contributed by atoms with Crippen LogP contribution in [-0.4, -0.2) is 18.4 Å². The normalized spacial score (nSPS) is 10.1. The second-order valence-corrected chi connectivity index (χ2v) is 4.39. The van der Waals surface area contributed by atoms with E-state index in [1.54, 1.807) is 12.1 Å². The van der Waals surface area contributed by atoms with Gasteiger partial charge >= 0.3 is 0 Å². The molecule has 0 spiro atoms. The topological polar surface area (TPSA) is 69.2 Å². The van der Waals surface area contributed by atoms with Crippen LogP contribution in [0.3, 0.4) is 0 Å². The van der Waals surface area contributed by atoms with Gasteiger partial charge in [0.25, 0.3) is 0 Å². The van der Waals surface area contributed by atoms with E-state index in [4.69, 9.17) is 11.6 Å². The Hall–Kier alpha value is -1.55. The number of benzene rings is 1. The molecule has 1 rings (SSSR count). The Morgan fingerprint density at radius 2 is 1.83 bits per heavy atom. The van der Waals surface area contributed by atoms with Gasteiger partial charge in [-0.2, -0.15) is 0 Å². The lowest BCUT2D eigenvalue weighted by molar-refractivity contribution is -0.305. The van der Waals surface area contributed by atoms with E-state index in [0.29, 0.717) is 18.0 Å². The summed E-state index contributed by atoms with van der Waals surface area (Å²) in [4.78, 5) is 21.5. The molecule has 0 aliphatic heterocycles. The monoisotopic (exact) mass is 268 g/mol. The van der Waals surface area contributed by atoms with Crippen molar-refractivity contribution in [3.05, 3.63) is 34.9 Å². The molecule has 0 radical (unpaired) electrons. The third-order valence-corrected chi connectivity index (χ3v) is 2.69. The third-order valence-electron chi connectivity index (χ3n) is 2.43. The van der Waals surface area contributed by atoms with Crippen molar-refractivity contribution in [1.82, 2.24) is 5.32 Å². The summed E-state index contributed by atoms with van der Waals surface area (Å²) in [5.74, 6) is -1.26. The zero-order valence-corrected chi connectivity index (χ0v) is 10.7. The number of carboxylic acids is 1. The minimum Gasteiger partial charge on any atom is -0.550 e. The highest BCUT2D eigenvalue weighted by atomic mass is 35.5. The van der Waals surface area contributed by atoms with Gasteiger partial charge < -0.3 is 15.2 Å². The van der Waals surface area contributed by atoms with E-state index in [9.17, 15) is 14.7 Å². The third kappa shape index (κ3) is 6.25. The quantitative estimate of drug-likeness (QED) is 0.799. The number of amides is 1. The van der Waals surface area contributed by atoms with Crippen molar-refractivity contribution in [2.75, 3.05) is 6.54 Å². The molecule has 4 nitrogen and oxygen atoms in total. The molecule has 0 bridgehead atoms. The first-order valence-corrected chi connectivity index (χ1v) is 6.16. The highest BCUT2D eigenvalue weighted by Gasteiger charge is 2.01. The van der Waals surface area contributed by atoms with Crippen LogP contribution in [0.15, 0.2) is 24.3 Å². The first kappa shape index (κ1) is 14.5. The average Bonchev–Trinajstić information content (AvgIpc) is 2.31. The van der Waals surface area contributed by atoms with E-state index in [-0.39, 0.29) is 18.7 Å².